The lowest BCUT2D eigenvalue weighted by molar-refractivity contribution is 0.251. The molecule has 0 atom stereocenters. The van der Waals surface area contributed by atoms with Crippen LogP contribution in [-0.2, 0) is 0 Å². The highest BCUT2D eigenvalue weighted by Crippen LogP contribution is 2.38. The fraction of sp³-hybridized carbons (Fsp3) is 0.500. The predicted molar refractivity (Wildman–Crippen MR) is 108 cm³/mol. The number of likely N-dealkylation sites (tertiary alicyclic amines) is 1. The zero-order chi connectivity index (χ0) is 20.1. The molecule has 28 heavy (non-hydrogen) atoms. The second-order valence-corrected chi connectivity index (χ2v) is 6.88. The second-order valence-electron chi connectivity index (χ2n) is 6.88. The van der Waals surface area contributed by atoms with Gasteiger partial charge in [0.1, 0.15) is 5.82 Å². The average Bonchev–Trinajstić information content (AvgIpc) is 3.17. The molecule has 0 saturated carbocycles. The summed E-state index contributed by atoms with van der Waals surface area (Å²) in [6, 6.07) is 3.17. The van der Waals surface area contributed by atoms with E-state index in [0.29, 0.717) is 35.0 Å². The third kappa shape index (κ3) is 4.44. The van der Waals surface area contributed by atoms with Crippen molar-refractivity contribution >= 4 is 11.8 Å². The number of nitrogen functional groups attached to an aromatic ring is 1. The maximum absolute atomic E-state index is 14.7. The number of hydrogen-bond donors (Lipinski definition) is 2. The molecule has 3 N–H and O–H groups in total. The van der Waals surface area contributed by atoms with E-state index in [1.54, 1.807) is 13.1 Å². The van der Waals surface area contributed by atoms with Gasteiger partial charge in [-0.1, -0.05) is 0 Å². The molecule has 8 heteroatoms. The van der Waals surface area contributed by atoms with Crippen LogP contribution in [0.4, 0.5) is 16.2 Å². The van der Waals surface area contributed by atoms with Gasteiger partial charge in [-0.15, -0.1) is 0 Å². The highest BCUT2D eigenvalue weighted by Gasteiger charge is 2.19. The monoisotopic (exact) mass is 389 g/mol. The Kier molecular flexibility index (Phi) is 6.51. The van der Waals surface area contributed by atoms with E-state index in [4.69, 9.17) is 15.2 Å². The number of halogens is 1. The number of nitrogens with zero attached hydrogens (tertiary/aromatic N) is 3. The number of ether oxygens (including phenoxy) is 2. The summed E-state index contributed by atoms with van der Waals surface area (Å²) in [7, 11) is 3.17. The number of aromatic nitrogens is 2. The van der Waals surface area contributed by atoms with Gasteiger partial charge in [0.05, 0.1) is 19.4 Å². The minimum Gasteiger partial charge on any atom is -0.490 e. The van der Waals surface area contributed by atoms with Crippen molar-refractivity contribution in [3.63, 3.8) is 0 Å². The largest absolute Gasteiger partial charge is 0.490 e. The van der Waals surface area contributed by atoms with Crippen LogP contribution in [0, 0.1) is 12.7 Å². The van der Waals surface area contributed by atoms with Crippen LogP contribution in [0.5, 0.6) is 11.5 Å². The zero-order valence-electron chi connectivity index (χ0n) is 16.7. The molecule has 2 heterocycles. The van der Waals surface area contributed by atoms with E-state index >= 15 is 0 Å². The molecule has 1 aliphatic heterocycles. The van der Waals surface area contributed by atoms with Gasteiger partial charge in [0, 0.05) is 19.2 Å². The van der Waals surface area contributed by atoms with Gasteiger partial charge in [0.15, 0.2) is 17.3 Å². The summed E-state index contributed by atoms with van der Waals surface area (Å²) >= 11 is 0. The summed E-state index contributed by atoms with van der Waals surface area (Å²) in [4.78, 5) is 10.8. The van der Waals surface area contributed by atoms with E-state index in [1.165, 1.54) is 26.0 Å². The van der Waals surface area contributed by atoms with Crippen molar-refractivity contribution in [2.45, 2.75) is 26.2 Å². The lowest BCUT2D eigenvalue weighted by Crippen LogP contribution is -2.22. The smallest absolute Gasteiger partial charge is 0.222 e. The molecule has 7 nitrogen and oxygen atoms in total. The van der Waals surface area contributed by atoms with Crippen LogP contribution in [0.1, 0.15) is 25.0 Å². The highest BCUT2D eigenvalue weighted by molar-refractivity contribution is 5.79. The van der Waals surface area contributed by atoms with Crippen molar-refractivity contribution in [3.05, 3.63) is 23.6 Å². The van der Waals surface area contributed by atoms with E-state index in [-0.39, 0.29) is 11.7 Å². The molecule has 1 aromatic carbocycles. The molecule has 0 spiro atoms. The summed E-state index contributed by atoms with van der Waals surface area (Å²) in [6.45, 7) is 5.59. The molecule has 152 valence electrons. The van der Waals surface area contributed by atoms with Gasteiger partial charge in [-0.05, 0) is 57.0 Å². The standard InChI is InChI=1S/C20H28FN5O2/c1-13-17(19(23-2)25-20(22)24-13)14-11-15(21)18(27-3)16(12-14)28-10-6-9-26-7-4-5-8-26/h11-12H,4-10H2,1-3H3,(H3,22,23,24,25). The summed E-state index contributed by atoms with van der Waals surface area (Å²) in [5.41, 5.74) is 7.68. The minimum absolute atomic E-state index is 0.102. The van der Waals surface area contributed by atoms with E-state index in [0.717, 1.165) is 26.1 Å². The molecule has 1 saturated heterocycles. The van der Waals surface area contributed by atoms with Crippen LogP contribution in [0.25, 0.3) is 11.1 Å². The number of rotatable bonds is 8. The number of hydrogen-bond acceptors (Lipinski definition) is 7. The fourth-order valence-corrected chi connectivity index (χ4v) is 3.62. The molecular formula is C20H28FN5O2. The predicted octanol–water partition coefficient (Wildman–Crippen LogP) is 3.09. The van der Waals surface area contributed by atoms with Crippen molar-refractivity contribution < 1.29 is 13.9 Å². The maximum atomic E-state index is 14.7. The van der Waals surface area contributed by atoms with Gasteiger partial charge < -0.3 is 25.4 Å². The van der Waals surface area contributed by atoms with Crippen LogP contribution >= 0.6 is 0 Å². The number of aryl methyl sites for hydroxylation is 1. The summed E-state index contributed by atoms with van der Waals surface area (Å²) < 4.78 is 25.8. The summed E-state index contributed by atoms with van der Waals surface area (Å²) in [5, 5.41) is 3.00. The van der Waals surface area contributed by atoms with Crippen LogP contribution in [0.2, 0.25) is 0 Å². The number of methoxy groups -OCH3 is 1. The molecule has 0 aliphatic carbocycles. The lowest BCUT2D eigenvalue weighted by Gasteiger charge is -2.17. The topological polar surface area (TPSA) is 85.5 Å². The maximum Gasteiger partial charge on any atom is 0.222 e. The Morgan fingerprint density at radius 3 is 2.68 bits per heavy atom. The van der Waals surface area contributed by atoms with Gasteiger partial charge in [-0.2, -0.15) is 4.98 Å². The minimum atomic E-state index is -0.493. The van der Waals surface area contributed by atoms with Crippen molar-refractivity contribution in [3.8, 4) is 22.6 Å². The Hall–Kier alpha value is -2.61. The number of nitrogens with one attached hydrogen (secondary N) is 1. The molecule has 1 aromatic heterocycles. The van der Waals surface area contributed by atoms with Gasteiger partial charge in [-0.25, -0.2) is 9.37 Å². The highest BCUT2D eigenvalue weighted by atomic mass is 19.1. The SMILES string of the molecule is CNc1nc(N)nc(C)c1-c1cc(F)c(OC)c(OCCCN2CCCC2)c1. The third-order valence-electron chi connectivity index (χ3n) is 4.92. The summed E-state index contributed by atoms with van der Waals surface area (Å²) in [6.07, 6.45) is 3.40. The average molecular weight is 389 g/mol. The number of anilines is 2. The Balaban J connectivity index is 1.84. The van der Waals surface area contributed by atoms with Crippen molar-refractivity contribution in [2.75, 3.05) is 51.4 Å². The van der Waals surface area contributed by atoms with Gasteiger partial charge in [-0.3, -0.25) is 0 Å². The molecule has 0 amide bonds. The molecule has 1 fully saturated rings. The Morgan fingerprint density at radius 2 is 2.00 bits per heavy atom. The van der Waals surface area contributed by atoms with Crippen LogP contribution in [0.15, 0.2) is 12.1 Å². The van der Waals surface area contributed by atoms with Crippen LogP contribution in [0.3, 0.4) is 0 Å². The molecule has 0 unspecified atom stereocenters. The molecule has 2 aromatic rings. The molecule has 0 bridgehead atoms. The quantitative estimate of drug-likeness (QED) is 0.671. The first-order chi connectivity index (χ1) is 13.5. The molecule has 3 rings (SSSR count). The van der Waals surface area contributed by atoms with E-state index in [9.17, 15) is 4.39 Å². The van der Waals surface area contributed by atoms with Gasteiger partial charge in [0.25, 0.3) is 0 Å². The van der Waals surface area contributed by atoms with Gasteiger partial charge >= 0.3 is 0 Å². The summed E-state index contributed by atoms with van der Waals surface area (Å²) in [5.74, 6) is 0.683. The third-order valence-corrected chi connectivity index (χ3v) is 4.92. The Morgan fingerprint density at radius 1 is 1.25 bits per heavy atom. The van der Waals surface area contributed by atoms with Gasteiger partial charge in [0.2, 0.25) is 5.95 Å². The van der Waals surface area contributed by atoms with Crippen molar-refractivity contribution in [1.82, 2.24) is 14.9 Å². The second kappa shape index (κ2) is 9.05. The van der Waals surface area contributed by atoms with Crippen LogP contribution < -0.4 is 20.5 Å². The zero-order valence-corrected chi connectivity index (χ0v) is 16.7. The fourth-order valence-electron chi connectivity index (χ4n) is 3.62. The molecule has 0 radical (unpaired) electrons. The van der Waals surface area contributed by atoms with Crippen molar-refractivity contribution in [2.24, 2.45) is 0 Å². The first kappa shape index (κ1) is 20.1. The Labute approximate surface area is 165 Å². The van der Waals surface area contributed by atoms with Crippen LogP contribution in [-0.4, -0.2) is 55.3 Å². The molecule has 1 aliphatic rings. The Bertz CT molecular complexity index is 825. The normalized spacial score (nSPS) is 14.3. The lowest BCUT2D eigenvalue weighted by atomic mass is 10.0. The first-order valence-electron chi connectivity index (χ1n) is 9.58. The number of nitrogens with two attached hydrogens (primary N) is 1. The number of benzene rings is 1. The van der Waals surface area contributed by atoms with Crippen molar-refractivity contribution in [1.29, 1.82) is 0 Å². The van der Waals surface area contributed by atoms with E-state index in [1.807, 2.05) is 6.92 Å². The van der Waals surface area contributed by atoms with E-state index < -0.39 is 5.82 Å². The van der Waals surface area contributed by atoms with E-state index in [2.05, 4.69) is 20.2 Å². The molecular weight excluding hydrogens is 361 g/mol. The first-order valence-corrected chi connectivity index (χ1v) is 9.58.